The number of carbonyl (C=O) groups excluding carboxylic acids is 1. The van der Waals surface area contributed by atoms with Crippen LogP contribution in [0.15, 0.2) is 78.9 Å². The molecule has 0 bridgehead atoms. The molecular formula is C26H27FINO2. The van der Waals surface area contributed by atoms with E-state index in [4.69, 9.17) is 4.74 Å². The Labute approximate surface area is 197 Å². The zero-order chi connectivity index (χ0) is 22.2. The van der Waals surface area contributed by atoms with Crippen molar-refractivity contribution in [2.75, 3.05) is 6.61 Å². The van der Waals surface area contributed by atoms with Crippen LogP contribution in [0.4, 0.5) is 4.39 Å². The molecule has 0 aliphatic carbocycles. The SMILES string of the molecule is CCOC(=O)CC(c1cccc(I)c1F)N(Cc1ccccc1)[C@H](C)c1ccccc1. The van der Waals surface area contributed by atoms with E-state index in [1.807, 2.05) is 65.1 Å². The first kappa shape index (κ1) is 23.4. The van der Waals surface area contributed by atoms with Crippen molar-refractivity contribution in [1.82, 2.24) is 4.90 Å². The number of ether oxygens (including phenoxy) is 1. The Morgan fingerprint density at radius 2 is 1.65 bits per heavy atom. The lowest BCUT2D eigenvalue weighted by atomic mass is 9.96. The average molecular weight is 531 g/mol. The van der Waals surface area contributed by atoms with Gasteiger partial charge >= 0.3 is 5.97 Å². The highest BCUT2D eigenvalue weighted by Gasteiger charge is 2.31. The molecule has 0 saturated carbocycles. The summed E-state index contributed by atoms with van der Waals surface area (Å²) in [7, 11) is 0. The molecule has 0 spiro atoms. The first-order chi connectivity index (χ1) is 15.0. The molecule has 0 N–H and O–H groups in total. The van der Waals surface area contributed by atoms with Crippen molar-refractivity contribution < 1.29 is 13.9 Å². The highest BCUT2D eigenvalue weighted by Crippen LogP contribution is 2.36. The van der Waals surface area contributed by atoms with Crippen LogP contribution in [0.2, 0.25) is 0 Å². The molecule has 1 unspecified atom stereocenters. The van der Waals surface area contributed by atoms with Crippen molar-refractivity contribution in [2.45, 2.75) is 38.9 Å². The third-order valence-electron chi connectivity index (χ3n) is 5.39. The summed E-state index contributed by atoms with van der Waals surface area (Å²) in [5, 5.41) is 0. The monoisotopic (exact) mass is 531 g/mol. The van der Waals surface area contributed by atoms with E-state index >= 15 is 4.39 Å². The van der Waals surface area contributed by atoms with Crippen molar-refractivity contribution in [3.05, 3.63) is 105 Å². The number of carbonyl (C=O) groups is 1. The van der Waals surface area contributed by atoms with E-state index in [9.17, 15) is 4.79 Å². The van der Waals surface area contributed by atoms with Crippen molar-refractivity contribution in [3.8, 4) is 0 Å². The number of benzene rings is 3. The van der Waals surface area contributed by atoms with Crippen molar-refractivity contribution >= 4 is 28.6 Å². The Morgan fingerprint density at radius 1 is 1.00 bits per heavy atom. The molecule has 3 aromatic rings. The minimum Gasteiger partial charge on any atom is -0.466 e. The normalized spacial score (nSPS) is 13.1. The van der Waals surface area contributed by atoms with E-state index in [2.05, 4.69) is 36.1 Å². The van der Waals surface area contributed by atoms with Gasteiger partial charge in [0.2, 0.25) is 0 Å². The Balaban J connectivity index is 2.08. The molecule has 2 atom stereocenters. The maximum Gasteiger partial charge on any atom is 0.307 e. The standard InChI is InChI=1S/C26H27FINO2/c1-3-31-25(30)17-24(22-15-10-16-23(28)26(22)27)29(18-20-11-6-4-7-12-20)19(2)21-13-8-5-9-14-21/h4-16,19,24H,3,17-18H2,1-2H3/t19-,24?/m1/s1. The van der Waals surface area contributed by atoms with Crippen LogP contribution in [0.25, 0.3) is 0 Å². The highest BCUT2D eigenvalue weighted by atomic mass is 127. The summed E-state index contributed by atoms with van der Waals surface area (Å²) in [4.78, 5) is 14.8. The molecular weight excluding hydrogens is 504 g/mol. The molecule has 0 amide bonds. The van der Waals surface area contributed by atoms with Crippen molar-refractivity contribution in [2.24, 2.45) is 0 Å². The van der Waals surface area contributed by atoms with Gasteiger partial charge in [0.25, 0.3) is 0 Å². The molecule has 5 heteroatoms. The minimum absolute atomic E-state index is 0.0434. The fraction of sp³-hybridized carbons (Fsp3) is 0.269. The summed E-state index contributed by atoms with van der Waals surface area (Å²) < 4.78 is 21.1. The summed E-state index contributed by atoms with van der Waals surface area (Å²) in [5.74, 6) is -0.611. The Morgan fingerprint density at radius 3 is 2.29 bits per heavy atom. The number of rotatable bonds is 9. The third kappa shape index (κ3) is 6.14. The lowest BCUT2D eigenvalue weighted by molar-refractivity contribution is -0.145. The van der Waals surface area contributed by atoms with E-state index in [-0.39, 0.29) is 24.2 Å². The second-order valence-corrected chi connectivity index (χ2v) is 8.57. The summed E-state index contributed by atoms with van der Waals surface area (Å²) in [6.07, 6.45) is 0.0782. The summed E-state index contributed by atoms with van der Waals surface area (Å²) in [6, 6.07) is 25.0. The fourth-order valence-electron chi connectivity index (χ4n) is 3.80. The van der Waals surface area contributed by atoms with E-state index < -0.39 is 6.04 Å². The predicted molar refractivity (Wildman–Crippen MR) is 130 cm³/mol. The van der Waals surface area contributed by atoms with Gasteiger partial charge in [0.1, 0.15) is 5.82 Å². The Hall–Kier alpha value is -2.25. The van der Waals surface area contributed by atoms with Gasteiger partial charge in [0.15, 0.2) is 0 Å². The van der Waals surface area contributed by atoms with E-state index in [0.717, 1.165) is 11.1 Å². The second-order valence-electron chi connectivity index (χ2n) is 7.41. The van der Waals surface area contributed by atoms with Crippen LogP contribution in [-0.2, 0) is 16.1 Å². The highest BCUT2D eigenvalue weighted by molar-refractivity contribution is 14.1. The lowest BCUT2D eigenvalue weighted by Gasteiger charge is -2.37. The second kappa shape index (κ2) is 11.4. The largest absolute Gasteiger partial charge is 0.466 e. The van der Waals surface area contributed by atoms with Crippen LogP contribution < -0.4 is 0 Å². The topological polar surface area (TPSA) is 29.5 Å². The van der Waals surface area contributed by atoms with Gasteiger partial charge in [-0.15, -0.1) is 0 Å². The molecule has 0 radical (unpaired) electrons. The summed E-state index contributed by atoms with van der Waals surface area (Å²) in [5.41, 5.74) is 2.72. The Kier molecular flexibility index (Phi) is 8.60. The lowest BCUT2D eigenvalue weighted by Crippen LogP contribution is -2.33. The first-order valence-corrected chi connectivity index (χ1v) is 11.5. The van der Waals surface area contributed by atoms with Gasteiger partial charge in [-0.25, -0.2) is 4.39 Å². The molecule has 0 aromatic heterocycles. The third-order valence-corrected chi connectivity index (χ3v) is 6.23. The minimum atomic E-state index is -0.468. The molecule has 0 aliphatic heterocycles. The molecule has 3 nitrogen and oxygen atoms in total. The molecule has 31 heavy (non-hydrogen) atoms. The quantitative estimate of drug-likeness (QED) is 0.228. The molecule has 0 aliphatic rings. The molecule has 0 fully saturated rings. The van der Waals surface area contributed by atoms with Gasteiger partial charge in [0.05, 0.1) is 13.0 Å². The zero-order valence-electron chi connectivity index (χ0n) is 17.8. The van der Waals surface area contributed by atoms with Crippen LogP contribution in [0.3, 0.4) is 0 Å². The maximum absolute atomic E-state index is 15.3. The average Bonchev–Trinajstić information content (AvgIpc) is 2.79. The molecule has 0 saturated heterocycles. The first-order valence-electron chi connectivity index (χ1n) is 10.5. The van der Waals surface area contributed by atoms with Gasteiger partial charge in [-0.05, 0) is 53.6 Å². The smallest absolute Gasteiger partial charge is 0.307 e. The summed E-state index contributed by atoms with van der Waals surface area (Å²) >= 11 is 2.00. The van der Waals surface area contributed by atoms with Crippen molar-refractivity contribution in [3.63, 3.8) is 0 Å². The zero-order valence-corrected chi connectivity index (χ0v) is 20.0. The van der Waals surface area contributed by atoms with Crippen LogP contribution in [0, 0.1) is 9.39 Å². The number of esters is 1. The van der Waals surface area contributed by atoms with Crippen LogP contribution in [0.5, 0.6) is 0 Å². The van der Waals surface area contributed by atoms with Crippen LogP contribution in [0.1, 0.15) is 49.0 Å². The number of nitrogens with zero attached hydrogens (tertiary/aromatic N) is 1. The van der Waals surface area contributed by atoms with Crippen LogP contribution in [-0.4, -0.2) is 17.5 Å². The molecule has 3 aromatic carbocycles. The van der Waals surface area contributed by atoms with Gasteiger partial charge in [-0.3, -0.25) is 9.69 Å². The molecule has 3 rings (SSSR count). The summed E-state index contributed by atoms with van der Waals surface area (Å²) in [6.45, 7) is 4.76. The van der Waals surface area contributed by atoms with Crippen molar-refractivity contribution in [1.29, 1.82) is 0 Å². The van der Waals surface area contributed by atoms with E-state index in [1.54, 1.807) is 19.1 Å². The van der Waals surface area contributed by atoms with E-state index in [0.29, 0.717) is 22.3 Å². The number of halogens is 2. The number of hydrogen-bond donors (Lipinski definition) is 0. The van der Waals surface area contributed by atoms with Crippen LogP contribution >= 0.6 is 22.6 Å². The molecule has 0 heterocycles. The van der Waals surface area contributed by atoms with Gasteiger partial charge in [-0.1, -0.05) is 72.8 Å². The Bertz CT molecular complexity index is 981. The predicted octanol–water partition coefficient (Wildman–Crippen LogP) is 6.69. The van der Waals surface area contributed by atoms with E-state index in [1.165, 1.54) is 0 Å². The maximum atomic E-state index is 15.3. The van der Waals surface area contributed by atoms with Gasteiger partial charge < -0.3 is 4.74 Å². The number of hydrogen-bond acceptors (Lipinski definition) is 3. The molecule has 162 valence electrons. The fourth-order valence-corrected chi connectivity index (χ4v) is 4.31. The van der Waals surface area contributed by atoms with Gasteiger partial charge in [-0.2, -0.15) is 0 Å². The van der Waals surface area contributed by atoms with Gasteiger partial charge in [0, 0.05) is 27.8 Å².